The van der Waals surface area contributed by atoms with Crippen LogP contribution in [0.4, 0.5) is 0 Å². The molecule has 298 valence electrons. The summed E-state index contributed by atoms with van der Waals surface area (Å²) in [6.07, 6.45) is -1.44. The van der Waals surface area contributed by atoms with E-state index < -0.39 is 46.6 Å². The van der Waals surface area contributed by atoms with Gasteiger partial charge in [0.2, 0.25) is 0 Å². The molecule has 1 fully saturated rings. The van der Waals surface area contributed by atoms with Gasteiger partial charge in [-0.05, 0) is 126 Å². The summed E-state index contributed by atoms with van der Waals surface area (Å²) in [6, 6.07) is 31.7. The maximum atomic E-state index is 11.5. The average molecular weight is 789 g/mol. The van der Waals surface area contributed by atoms with Crippen LogP contribution in [0.3, 0.4) is 0 Å². The molecule has 1 aliphatic rings. The fourth-order valence-electron chi connectivity index (χ4n) is 7.31. The zero-order chi connectivity index (χ0) is 40.2. The summed E-state index contributed by atoms with van der Waals surface area (Å²) in [5, 5.41) is 11.5. The molecular weight excluding hydrogens is 729 g/mol. The third-order valence-electron chi connectivity index (χ3n) is 9.02. The van der Waals surface area contributed by atoms with E-state index in [1.807, 2.05) is 153 Å². The van der Waals surface area contributed by atoms with Gasteiger partial charge in [0.05, 0.1) is 44.2 Å². The Kier molecular flexibility index (Phi) is 13.0. The molecule has 0 amide bonds. The third kappa shape index (κ3) is 11.0. The second-order valence-corrected chi connectivity index (χ2v) is 23.3. The van der Waals surface area contributed by atoms with E-state index in [1.165, 1.54) is 0 Å². The monoisotopic (exact) mass is 788 g/mol. The van der Waals surface area contributed by atoms with Crippen molar-refractivity contribution >= 4 is 17.1 Å². The van der Waals surface area contributed by atoms with Gasteiger partial charge in [-0.25, -0.2) is 0 Å². The number of rotatable bonds is 15. The van der Waals surface area contributed by atoms with Gasteiger partial charge in [0.15, 0.2) is 0 Å². The SMILES string of the molecule is COc1ccc(C(OC[C@H]2O[C@@H](c3ccc(O[Si](C)(C)OC(C)(C)C)c(O[Si](C)(C)OC(C)(C)C)c3)C[C@@H]2O)(c2ccccc2)c2ccc(OC)cc2)cc1. The van der Waals surface area contributed by atoms with Crippen molar-refractivity contribution in [3.63, 3.8) is 0 Å². The normalized spacial score (nSPS) is 18.2. The molecule has 3 atom stereocenters. The van der Waals surface area contributed by atoms with E-state index in [-0.39, 0.29) is 12.2 Å². The lowest BCUT2D eigenvalue weighted by Gasteiger charge is -2.37. The minimum absolute atomic E-state index is 0.110. The Bertz CT molecular complexity index is 1790. The van der Waals surface area contributed by atoms with Crippen LogP contribution >= 0.6 is 0 Å². The van der Waals surface area contributed by atoms with E-state index in [2.05, 4.69) is 12.1 Å². The van der Waals surface area contributed by atoms with E-state index >= 15 is 0 Å². The summed E-state index contributed by atoms with van der Waals surface area (Å²) in [4.78, 5) is 0. The first-order chi connectivity index (χ1) is 25.7. The number of hydrogen-bond donors (Lipinski definition) is 1. The molecule has 0 aromatic heterocycles. The Hall–Kier alpha value is -3.69. The smallest absolute Gasteiger partial charge is 0.392 e. The van der Waals surface area contributed by atoms with Crippen LogP contribution < -0.4 is 18.3 Å². The number of benzene rings is 4. The number of methoxy groups -OCH3 is 2. The van der Waals surface area contributed by atoms with Crippen LogP contribution in [0, 0.1) is 0 Å². The highest BCUT2D eigenvalue weighted by molar-refractivity contribution is 6.66. The van der Waals surface area contributed by atoms with Gasteiger partial charge in [-0.1, -0.05) is 60.7 Å². The molecular formula is C44H60O9Si2. The zero-order valence-electron chi connectivity index (χ0n) is 34.6. The lowest BCUT2D eigenvalue weighted by atomic mass is 9.80. The molecule has 0 saturated carbocycles. The van der Waals surface area contributed by atoms with Gasteiger partial charge < -0.3 is 41.8 Å². The molecule has 0 bridgehead atoms. The first-order valence-electron chi connectivity index (χ1n) is 19.0. The number of ether oxygens (including phenoxy) is 4. The molecule has 0 radical (unpaired) electrons. The fraction of sp³-hybridized carbons (Fsp3) is 0.455. The molecule has 55 heavy (non-hydrogen) atoms. The number of aliphatic hydroxyl groups excluding tert-OH is 1. The lowest BCUT2D eigenvalue weighted by molar-refractivity contribution is -0.0828. The molecule has 1 aliphatic heterocycles. The van der Waals surface area contributed by atoms with E-state index in [1.54, 1.807) is 14.2 Å². The van der Waals surface area contributed by atoms with E-state index in [4.69, 9.17) is 36.7 Å². The Morgan fingerprint density at radius 3 is 1.58 bits per heavy atom. The highest BCUT2D eigenvalue weighted by atomic mass is 28.4. The molecule has 4 aromatic carbocycles. The topological polar surface area (TPSA) is 94.1 Å². The van der Waals surface area contributed by atoms with Gasteiger partial charge in [-0.2, -0.15) is 0 Å². The second kappa shape index (κ2) is 16.8. The van der Waals surface area contributed by atoms with Crippen LogP contribution in [-0.4, -0.2) is 66.5 Å². The predicted molar refractivity (Wildman–Crippen MR) is 221 cm³/mol. The van der Waals surface area contributed by atoms with Crippen LogP contribution in [0.15, 0.2) is 97.1 Å². The van der Waals surface area contributed by atoms with Gasteiger partial charge in [0, 0.05) is 6.42 Å². The van der Waals surface area contributed by atoms with Gasteiger partial charge >= 0.3 is 17.1 Å². The van der Waals surface area contributed by atoms with Crippen molar-refractivity contribution < 1.29 is 41.8 Å². The summed E-state index contributed by atoms with van der Waals surface area (Å²) in [6.45, 7) is 20.4. The third-order valence-corrected chi connectivity index (χ3v) is 12.6. The molecule has 0 spiro atoms. The summed E-state index contributed by atoms with van der Waals surface area (Å²) < 4.78 is 50.9. The lowest BCUT2D eigenvalue weighted by Crippen LogP contribution is -2.46. The summed E-state index contributed by atoms with van der Waals surface area (Å²) in [7, 11) is -2.03. The first-order valence-corrected chi connectivity index (χ1v) is 24.6. The minimum Gasteiger partial charge on any atom is -0.518 e. The van der Waals surface area contributed by atoms with Crippen LogP contribution in [0.25, 0.3) is 0 Å². The summed E-state index contributed by atoms with van der Waals surface area (Å²) in [5.74, 6) is 2.63. The van der Waals surface area contributed by atoms with E-state index in [9.17, 15) is 5.11 Å². The fourth-order valence-corrected chi connectivity index (χ4v) is 11.7. The van der Waals surface area contributed by atoms with Crippen molar-refractivity contribution in [1.29, 1.82) is 0 Å². The van der Waals surface area contributed by atoms with E-state index in [0.29, 0.717) is 17.9 Å². The van der Waals surface area contributed by atoms with Gasteiger partial charge in [-0.15, -0.1) is 0 Å². The average Bonchev–Trinajstić information content (AvgIpc) is 3.48. The van der Waals surface area contributed by atoms with Gasteiger partial charge in [0.1, 0.15) is 34.7 Å². The Morgan fingerprint density at radius 2 is 1.11 bits per heavy atom. The van der Waals surface area contributed by atoms with Crippen LogP contribution in [0.2, 0.25) is 26.2 Å². The van der Waals surface area contributed by atoms with Crippen molar-refractivity contribution in [3.05, 3.63) is 119 Å². The van der Waals surface area contributed by atoms with Crippen molar-refractivity contribution in [1.82, 2.24) is 0 Å². The molecule has 5 rings (SSSR count). The highest BCUT2D eigenvalue weighted by Crippen LogP contribution is 2.44. The van der Waals surface area contributed by atoms with Gasteiger partial charge in [-0.3, -0.25) is 0 Å². The Morgan fingerprint density at radius 1 is 0.636 bits per heavy atom. The quantitative estimate of drug-likeness (QED) is 0.0934. The molecule has 0 aliphatic carbocycles. The van der Waals surface area contributed by atoms with E-state index in [0.717, 1.165) is 33.8 Å². The second-order valence-electron chi connectivity index (χ2n) is 16.9. The Labute approximate surface area is 330 Å². The van der Waals surface area contributed by atoms with Crippen LogP contribution in [-0.2, 0) is 23.9 Å². The standard InChI is InChI=1S/C44H60O9Si2/c1-42(2,3)52-54(9,10)50-38-27-18-31(28-40(38)51-55(11,12)53-43(4,5)6)39-29-37(45)41(49-39)30-48-44(32-16-14-13-15-17-32,33-19-23-35(46-7)24-20-33)34-21-25-36(47-8)26-22-34/h13-28,37,39,41,45H,29-30H2,1-12H3/t37-,39+,41+/m0/s1. The molecule has 1 heterocycles. The van der Waals surface area contributed by atoms with Crippen LogP contribution in [0.1, 0.15) is 76.3 Å². The maximum absolute atomic E-state index is 11.5. The molecule has 1 N–H and O–H groups in total. The minimum atomic E-state index is -2.70. The first kappa shape index (κ1) is 42.5. The predicted octanol–water partition coefficient (Wildman–Crippen LogP) is 9.69. The Balaban J connectivity index is 1.47. The largest absolute Gasteiger partial charge is 0.518 e. The van der Waals surface area contributed by atoms with Crippen molar-refractivity contribution in [2.75, 3.05) is 20.8 Å². The van der Waals surface area contributed by atoms with Crippen LogP contribution in [0.5, 0.6) is 23.0 Å². The summed E-state index contributed by atoms with van der Waals surface area (Å²) in [5.41, 5.74) is 1.78. The molecule has 1 saturated heterocycles. The number of hydrogen-bond acceptors (Lipinski definition) is 9. The molecule has 4 aromatic rings. The number of aliphatic hydroxyl groups is 1. The van der Waals surface area contributed by atoms with Gasteiger partial charge in [0.25, 0.3) is 0 Å². The van der Waals surface area contributed by atoms with Crippen molar-refractivity contribution in [3.8, 4) is 23.0 Å². The zero-order valence-corrected chi connectivity index (χ0v) is 36.6. The summed E-state index contributed by atoms with van der Waals surface area (Å²) >= 11 is 0. The molecule has 11 heteroatoms. The maximum Gasteiger partial charge on any atom is 0.392 e. The molecule has 9 nitrogen and oxygen atoms in total. The molecule has 0 unspecified atom stereocenters. The van der Waals surface area contributed by atoms with Crippen molar-refractivity contribution in [2.24, 2.45) is 0 Å². The van der Waals surface area contributed by atoms with Crippen molar-refractivity contribution in [2.45, 2.75) is 109 Å². The highest BCUT2D eigenvalue weighted by Gasteiger charge is 2.43.